The summed E-state index contributed by atoms with van der Waals surface area (Å²) in [5.74, 6) is -0.215. The van der Waals surface area contributed by atoms with Gasteiger partial charge in [0.05, 0.1) is 4.90 Å². The smallest absolute Gasteiger partial charge is 0.241 e. The van der Waals surface area contributed by atoms with Gasteiger partial charge in [-0.1, -0.05) is 25.1 Å². The lowest BCUT2D eigenvalue weighted by atomic mass is 9.95. The van der Waals surface area contributed by atoms with Gasteiger partial charge in [0.1, 0.15) is 0 Å². The Morgan fingerprint density at radius 1 is 0.893 bits per heavy atom. The molecular formula is C22H30N2O3S. The molecule has 0 fully saturated rings. The molecule has 6 heteroatoms. The van der Waals surface area contributed by atoms with Crippen molar-refractivity contribution in [2.24, 2.45) is 0 Å². The summed E-state index contributed by atoms with van der Waals surface area (Å²) >= 11 is 0. The highest BCUT2D eigenvalue weighted by atomic mass is 32.2. The van der Waals surface area contributed by atoms with Crippen LogP contribution in [0.3, 0.4) is 0 Å². The summed E-state index contributed by atoms with van der Waals surface area (Å²) in [5.41, 5.74) is 6.42. The molecule has 0 aromatic heterocycles. The number of hydrogen-bond acceptors (Lipinski definition) is 3. The molecular weight excluding hydrogens is 372 g/mol. The lowest BCUT2D eigenvalue weighted by Crippen LogP contribution is -2.29. The van der Waals surface area contributed by atoms with Crippen molar-refractivity contribution >= 4 is 21.6 Å². The van der Waals surface area contributed by atoms with Crippen LogP contribution in [0, 0.1) is 34.6 Å². The Hall–Kier alpha value is -2.18. The number of benzene rings is 2. The minimum Gasteiger partial charge on any atom is -0.326 e. The third-order valence-electron chi connectivity index (χ3n) is 5.52. The molecule has 152 valence electrons. The van der Waals surface area contributed by atoms with Gasteiger partial charge >= 0.3 is 0 Å². The highest BCUT2D eigenvalue weighted by Gasteiger charge is 2.23. The fourth-order valence-electron chi connectivity index (χ4n) is 3.40. The van der Waals surface area contributed by atoms with Crippen molar-refractivity contribution in [1.29, 1.82) is 0 Å². The van der Waals surface area contributed by atoms with Crippen LogP contribution in [-0.2, 0) is 21.2 Å². The van der Waals surface area contributed by atoms with Gasteiger partial charge in [0.15, 0.2) is 0 Å². The van der Waals surface area contributed by atoms with E-state index in [0.29, 0.717) is 4.90 Å². The summed E-state index contributed by atoms with van der Waals surface area (Å²) in [4.78, 5) is 12.6. The molecule has 5 nitrogen and oxygen atoms in total. The maximum absolute atomic E-state index is 12.9. The number of hydrogen-bond donors (Lipinski definition) is 2. The van der Waals surface area contributed by atoms with Crippen LogP contribution in [-0.4, -0.2) is 20.9 Å². The third kappa shape index (κ3) is 4.62. The highest BCUT2D eigenvalue weighted by Crippen LogP contribution is 2.29. The average molecular weight is 403 g/mol. The number of nitrogens with one attached hydrogen (secondary N) is 2. The molecule has 0 saturated carbocycles. The summed E-state index contributed by atoms with van der Waals surface area (Å²) in [6.45, 7) is 11.6. The van der Waals surface area contributed by atoms with Crippen LogP contribution in [0.1, 0.15) is 46.7 Å². The van der Waals surface area contributed by atoms with Crippen molar-refractivity contribution in [2.45, 2.75) is 59.3 Å². The third-order valence-corrected chi connectivity index (χ3v) is 7.25. The Bertz CT molecular complexity index is 966. The van der Waals surface area contributed by atoms with Crippen LogP contribution >= 0.6 is 0 Å². The van der Waals surface area contributed by atoms with Crippen LogP contribution in [0.4, 0.5) is 5.69 Å². The number of para-hydroxylation sites is 1. The molecule has 0 spiro atoms. The van der Waals surface area contributed by atoms with E-state index in [-0.39, 0.29) is 18.9 Å². The van der Waals surface area contributed by atoms with Gasteiger partial charge in [0, 0.05) is 18.7 Å². The summed E-state index contributed by atoms with van der Waals surface area (Å²) in [6.07, 6.45) is 0.882. The van der Waals surface area contributed by atoms with E-state index in [2.05, 4.69) is 10.0 Å². The van der Waals surface area contributed by atoms with E-state index in [4.69, 9.17) is 0 Å². The van der Waals surface area contributed by atoms with Gasteiger partial charge in [0.25, 0.3) is 0 Å². The SMILES string of the molecule is CCc1ccccc1NC(=O)CCNS(=O)(=O)c1c(C)c(C)c(C)c(C)c1C. The largest absolute Gasteiger partial charge is 0.326 e. The van der Waals surface area contributed by atoms with E-state index >= 15 is 0 Å². The van der Waals surface area contributed by atoms with E-state index in [9.17, 15) is 13.2 Å². The zero-order valence-corrected chi connectivity index (χ0v) is 18.4. The Kier molecular flexibility index (Phi) is 7.01. The highest BCUT2D eigenvalue weighted by molar-refractivity contribution is 7.89. The first-order valence-corrected chi connectivity index (χ1v) is 11.0. The number of sulfonamides is 1. The second kappa shape index (κ2) is 8.88. The summed E-state index contributed by atoms with van der Waals surface area (Å²) in [7, 11) is -3.69. The van der Waals surface area contributed by atoms with E-state index < -0.39 is 10.0 Å². The molecule has 0 aliphatic carbocycles. The van der Waals surface area contributed by atoms with Crippen molar-refractivity contribution in [3.8, 4) is 0 Å². The molecule has 0 radical (unpaired) electrons. The molecule has 28 heavy (non-hydrogen) atoms. The van der Waals surface area contributed by atoms with E-state index in [1.54, 1.807) is 0 Å². The molecule has 0 atom stereocenters. The lowest BCUT2D eigenvalue weighted by molar-refractivity contribution is -0.116. The summed E-state index contributed by atoms with van der Waals surface area (Å²) in [6, 6.07) is 7.61. The Morgan fingerprint density at radius 3 is 2.00 bits per heavy atom. The first-order valence-electron chi connectivity index (χ1n) is 9.54. The second-order valence-corrected chi connectivity index (χ2v) is 8.86. The second-order valence-electron chi connectivity index (χ2n) is 7.16. The predicted molar refractivity (Wildman–Crippen MR) is 114 cm³/mol. The van der Waals surface area contributed by atoms with Gasteiger partial charge in [0.2, 0.25) is 15.9 Å². The standard InChI is InChI=1S/C22H30N2O3S/c1-7-19-10-8-9-11-20(19)24-21(25)12-13-23-28(26,27)22-17(5)15(3)14(2)16(4)18(22)6/h8-11,23H,7,12-13H2,1-6H3,(H,24,25). The van der Waals surface area contributed by atoms with Crippen molar-refractivity contribution < 1.29 is 13.2 Å². The molecule has 0 saturated heterocycles. The van der Waals surface area contributed by atoms with Gasteiger partial charge in [-0.2, -0.15) is 0 Å². The molecule has 2 aromatic rings. The Balaban J connectivity index is 2.10. The monoisotopic (exact) mass is 402 g/mol. The molecule has 0 bridgehead atoms. The Morgan fingerprint density at radius 2 is 1.43 bits per heavy atom. The normalized spacial score (nSPS) is 11.5. The van der Waals surface area contributed by atoms with E-state index in [0.717, 1.165) is 45.5 Å². The van der Waals surface area contributed by atoms with Crippen LogP contribution in [0.15, 0.2) is 29.2 Å². The first-order chi connectivity index (χ1) is 13.1. The number of carbonyl (C=O) groups excluding carboxylic acids is 1. The minimum absolute atomic E-state index is 0.0489. The maximum atomic E-state index is 12.9. The predicted octanol–water partition coefficient (Wildman–Crippen LogP) is 4.10. The molecule has 0 unspecified atom stereocenters. The molecule has 0 heterocycles. The lowest BCUT2D eigenvalue weighted by Gasteiger charge is -2.19. The number of amides is 1. The summed E-state index contributed by atoms with van der Waals surface area (Å²) in [5, 5.41) is 2.86. The van der Waals surface area contributed by atoms with Crippen LogP contribution in [0.25, 0.3) is 0 Å². The van der Waals surface area contributed by atoms with Crippen LogP contribution in [0.2, 0.25) is 0 Å². The van der Waals surface area contributed by atoms with Crippen molar-refractivity contribution in [3.05, 3.63) is 57.6 Å². The topological polar surface area (TPSA) is 75.3 Å². The van der Waals surface area contributed by atoms with Gasteiger partial charge < -0.3 is 5.32 Å². The number of rotatable bonds is 7. The summed E-state index contributed by atoms with van der Waals surface area (Å²) < 4.78 is 28.4. The van der Waals surface area contributed by atoms with Gasteiger partial charge in [-0.25, -0.2) is 13.1 Å². The van der Waals surface area contributed by atoms with E-state index in [1.807, 2.05) is 65.8 Å². The van der Waals surface area contributed by atoms with Gasteiger partial charge in [-0.05, 0) is 80.5 Å². The molecule has 2 rings (SSSR count). The quantitative estimate of drug-likeness (QED) is 0.732. The number of carbonyl (C=O) groups is 1. The molecule has 2 aromatic carbocycles. The Labute approximate surface area is 168 Å². The fraction of sp³-hybridized carbons (Fsp3) is 0.409. The number of aryl methyl sites for hydroxylation is 1. The van der Waals surface area contributed by atoms with Crippen molar-refractivity contribution in [3.63, 3.8) is 0 Å². The molecule has 1 amide bonds. The molecule has 0 aliphatic heterocycles. The van der Waals surface area contributed by atoms with E-state index in [1.165, 1.54) is 0 Å². The molecule has 0 aliphatic rings. The maximum Gasteiger partial charge on any atom is 0.241 e. The van der Waals surface area contributed by atoms with Gasteiger partial charge in [-0.3, -0.25) is 4.79 Å². The zero-order chi connectivity index (χ0) is 21.1. The zero-order valence-electron chi connectivity index (χ0n) is 17.6. The fourth-order valence-corrected chi connectivity index (χ4v) is 5.03. The first kappa shape index (κ1) is 22.1. The van der Waals surface area contributed by atoms with Crippen LogP contribution in [0.5, 0.6) is 0 Å². The molecule has 2 N–H and O–H groups in total. The van der Waals surface area contributed by atoms with Crippen molar-refractivity contribution in [1.82, 2.24) is 4.72 Å². The average Bonchev–Trinajstić information content (AvgIpc) is 2.65. The number of anilines is 1. The minimum atomic E-state index is -3.69. The van der Waals surface area contributed by atoms with Crippen molar-refractivity contribution in [2.75, 3.05) is 11.9 Å². The van der Waals surface area contributed by atoms with Crippen LogP contribution < -0.4 is 10.0 Å². The van der Waals surface area contributed by atoms with Gasteiger partial charge in [-0.15, -0.1) is 0 Å².